The Morgan fingerprint density at radius 1 is 1.41 bits per heavy atom. The summed E-state index contributed by atoms with van der Waals surface area (Å²) < 4.78 is 5.23. The molecule has 5 nitrogen and oxygen atoms in total. The average molecular weight is 232 g/mol. The lowest BCUT2D eigenvalue weighted by Crippen LogP contribution is -2.07. The minimum Gasteiger partial charge on any atom is -0.467 e. The van der Waals surface area contributed by atoms with Crippen LogP contribution in [0.15, 0.2) is 28.9 Å². The molecule has 0 spiro atoms. The summed E-state index contributed by atoms with van der Waals surface area (Å²) in [6.45, 7) is 4.65. The number of aromatic nitrogens is 2. The third-order valence-electron chi connectivity index (χ3n) is 2.30. The normalized spacial score (nSPS) is 10.8. The zero-order valence-electron chi connectivity index (χ0n) is 9.97. The first kappa shape index (κ1) is 11.4. The molecule has 17 heavy (non-hydrogen) atoms. The van der Waals surface area contributed by atoms with Crippen LogP contribution in [0.5, 0.6) is 0 Å². The van der Waals surface area contributed by atoms with Crippen LogP contribution in [0.1, 0.15) is 31.4 Å². The van der Waals surface area contributed by atoms with E-state index in [1.807, 2.05) is 26.0 Å². The number of hydrogen-bond donors (Lipinski definition) is 2. The fourth-order valence-corrected chi connectivity index (χ4v) is 1.42. The van der Waals surface area contributed by atoms with Crippen LogP contribution in [0.3, 0.4) is 0 Å². The third-order valence-corrected chi connectivity index (χ3v) is 2.30. The van der Waals surface area contributed by atoms with Gasteiger partial charge >= 0.3 is 0 Å². The maximum Gasteiger partial charge on any atom is 0.135 e. The predicted octanol–water partition coefficient (Wildman–Crippen LogP) is 2.39. The van der Waals surface area contributed by atoms with Gasteiger partial charge in [0.1, 0.15) is 23.2 Å². The molecule has 0 saturated heterocycles. The van der Waals surface area contributed by atoms with Gasteiger partial charge in [-0.05, 0) is 12.1 Å². The molecule has 2 heterocycles. The van der Waals surface area contributed by atoms with E-state index in [1.165, 1.54) is 0 Å². The Morgan fingerprint density at radius 3 is 2.88 bits per heavy atom. The minimum atomic E-state index is 0.252. The molecule has 2 rings (SSSR count). The van der Waals surface area contributed by atoms with Crippen LogP contribution in [0.4, 0.5) is 11.6 Å². The third kappa shape index (κ3) is 2.96. The first-order valence-corrected chi connectivity index (χ1v) is 5.56. The molecule has 0 aliphatic rings. The van der Waals surface area contributed by atoms with Crippen molar-refractivity contribution in [1.82, 2.24) is 9.97 Å². The molecule has 2 aromatic heterocycles. The van der Waals surface area contributed by atoms with E-state index in [-0.39, 0.29) is 5.92 Å². The van der Waals surface area contributed by atoms with E-state index in [9.17, 15) is 0 Å². The van der Waals surface area contributed by atoms with Gasteiger partial charge in [-0.2, -0.15) is 0 Å². The van der Waals surface area contributed by atoms with Crippen molar-refractivity contribution >= 4 is 11.6 Å². The number of anilines is 2. The van der Waals surface area contributed by atoms with E-state index in [0.717, 1.165) is 17.4 Å². The molecule has 5 heteroatoms. The largest absolute Gasteiger partial charge is 0.467 e. The standard InChI is InChI=1S/C12H16N4O/c1-8(2)12-15-10(13)6-11(16-12)14-7-9-4-3-5-17-9/h3-6,8H,7H2,1-2H3,(H3,13,14,15,16). The summed E-state index contributed by atoms with van der Waals surface area (Å²) in [5.41, 5.74) is 5.73. The van der Waals surface area contributed by atoms with Gasteiger partial charge in [-0.3, -0.25) is 0 Å². The number of nitrogens with one attached hydrogen (secondary N) is 1. The van der Waals surface area contributed by atoms with Crippen molar-refractivity contribution in [3.05, 3.63) is 36.0 Å². The molecule has 0 atom stereocenters. The van der Waals surface area contributed by atoms with Gasteiger partial charge in [-0.25, -0.2) is 9.97 Å². The first-order valence-electron chi connectivity index (χ1n) is 5.56. The molecule has 3 N–H and O–H groups in total. The second-order valence-corrected chi connectivity index (χ2v) is 4.12. The molecule has 90 valence electrons. The fraction of sp³-hybridized carbons (Fsp3) is 0.333. The topological polar surface area (TPSA) is 77.0 Å². The van der Waals surface area contributed by atoms with Gasteiger partial charge in [-0.15, -0.1) is 0 Å². The lowest BCUT2D eigenvalue weighted by Gasteiger charge is -2.09. The minimum absolute atomic E-state index is 0.252. The van der Waals surface area contributed by atoms with E-state index >= 15 is 0 Å². The van der Waals surface area contributed by atoms with Crippen LogP contribution in [0.2, 0.25) is 0 Å². The van der Waals surface area contributed by atoms with E-state index in [4.69, 9.17) is 10.2 Å². The fourth-order valence-electron chi connectivity index (χ4n) is 1.42. The quantitative estimate of drug-likeness (QED) is 0.846. The van der Waals surface area contributed by atoms with Crippen LogP contribution >= 0.6 is 0 Å². The molecule has 0 aliphatic carbocycles. The highest BCUT2D eigenvalue weighted by atomic mass is 16.3. The van der Waals surface area contributed by atoms with Crippen molar-refractivity contribution in [2.75, 3.05) is 11.1 Å². The smallest absolute Gasteiger partial charge is 0.135 e. The van der Waals surface area contributed by atoms with Gasteiger partial charge < -0.3 is 15.5 Å². The Morgan fingerprint density at radius 2 is 2.24 bits per heavy atom. The van der Waals surface area contributed by atoms with Crippen LogP contribution in [-0.2, 0) is 6.54 Å². The van der Waals surface area contributed by atoms with Crippen molar-refractivity contribution in [3.63, 3.8) is 0 Å². The molecule has 0 fully saturated rings. The summed E-state index contributed by atoms with van der Waals surface area (Å²) in [5, 5.41) is 3.16. The van der Waals surface area contributed by atoms with Crippen LogP contribution < -0.4 is 11.1 Å². The van der Waals surface area contributed by atoms with Gasteiger partial charge in [0, 0.05) is 12.0 Å². The summed E-state index contributed by atoms with van der Waals surface area (Å²) in [7, 11) is 0. The summed E-state index contributed by atoms with van der Waals surface area (Å²) in [6, 6.07) is 5.47. The molecule has 0 aliphatic heterocycles. The molecular formula is C12H16N4O. The van der Waals surface area contributed by atoms with Gasteiger partial charge in [-0.1, -0.05) is 13.8 Å². The maximum absolute atomic E-state index is 5.73. The van der Waals surface area contributed by atoms with Gasteiger partial charge in [0.2, 0.25) is 0 Å². The molecule has 0 bridgehead atoms. The highest BCUT2D eigenvalue weighted by Crippen LogP contribution is 2.15. The lowest BCUT2D eigenvalue weighted by atomic mass is 10.2. The maximum atomic E-state index is 5.73. The molecule has 0 saturated carbocycles. The number of furan rings is 1. The molecular weight excluding hydrogens is 216 g/mol. The first-order chi connectivity index (χ1) is 8.15. The summed E-state index contributed by atoms with van der Waals surface area (Å²) in [4.78, 5) is 8.57. The lowest BCUT2D eigenvalue weighted by molar-refractivity contribution is 0.517. The van der Waals surface area contributed by atoms with E-state index in [1.54, 1.807) is 12.3 Å². The van der Waals surface area contributed by atoms with E-state index in [0.29, 0.717) is 12.4 Å². The zero-order valence-corrected chi connectivity index (χ0v) is 9.97. The SMILES string of the molecule is CC(C)c1nc(N)cc(NCc2ccco2)n1. The van der Waals surface area contributed by atoms with Crippen molar-refractivity contribution in [3.8, 4) is 0 Å². The number of nitrogens with two attached hydrogens (primary N) is 1. The predicted molar refractivity (Wildman–Crippen MR) is 66.6 cm³/mol. The van der Waals surface area contributed by atoms with Crippen LogP contribution in [-0.4, -0.2) is 9.97 Å². The van der Waals surface area contributed by atoms with Crippen molar-refractivity contribution in [1.29, 1.82) is 0 Å². The van der Waals surface area contributed by atoms with Crippen molar-refractivity contribution in [2.24, 2.45) is 0 Å². The Kier molecular flexibility index (Phi) is 3.27. The molecule has 0 unspecified atom stereocenters. The number of hydrogen-bond acceptors (Lipinski definition) is 5. The molecule has 0 amide bonds. The van der Waals surface area contributed by atoms with Gasteiger partial charge in [0.25, 0.3) is 0 Å². The average Bonchev–Trinajstić information content (AvgIpc) is 2.78. The number of nitrogen functional groups attached to an aromatic ring is 1. The highest BCUT2D eigenvalue weighted by Gasteiger charge is 2.06. The Balaban J connectivity index is 2.10. The Hall–Kier alpha value is -2.04. The number of nitrogens with zero attached hydrogens (tertiary/aromatic N) is 2. The van der Waals surface area contributed by atoms with E-state index < -0.39 is 0 Å². The monoisotopic (exact) mass is 232 g/mol. The van der Waals surface area contributed by atoms with Gasteiger partial charge in [0.15, 0.2) is 0 Å². The highest BCUT2D eigenvalue weighted by molar-refractivity contribution is 5.45. The van der Waals surface area contributed by atoms with Crippen LogP contribution in [0, 0.1) is 0 Å². The molecule has 2 aromatic rings. The van der Waals surface area contributed by atoms with Crippen LogP contribution in [0.25, 0.3) is 0 Å². The second-order valence-electron chi connectivity index (χ2n) is 4.12. The molecule has 0 radical (unpaired) electrons. The summed E-state index contributed by atoms with van der Waals surface area (Å²) >= 11 is 0. The molecule has 0 aromatic carbocycles. The van der Waals surface area contributed by atoms with Crippen molar-refractivity contribution < 1.29 is 4.42 Å². The Labute approximate surface area is 100 Å². The summed E-state index contributed by atoms with van der Waals surface area (Å²) in [6.07, 6.45) is 1.64. The van der Waals surface area contributed by atoms with E-state index in [2.05, 4.69) is 15.3 Å². The summed E-state index contributed by atoms with van der Waals surface area (Å²) in [5.74, 6) is 3.05. The zero-order chi connectivity index (χ0) is 12.3. The Bertz CT molecular complexity index is 479. The van der Waals surface area contributed by atoms with Crippen molar-refractivity contribution in [2.45, 2.75) is 26.3 Å². The second kappa shape index (κ2) is 4.86. The number of rotatable bonds is 4. The van der Waals surface area contributed by atoms with Gasteiger partial charge in [0.05, 0.1) is 12.8 Å².